The first kappa shape index (κ1) is 10.4. The number of aliphatic hydroxyl groups is 2. The number of aliphatic hydroxyl groups excluding tert-OH is 2. The molecule has 0 aromatic rings. The molecule has 64 valence electrons. The normalized spacial score (nSPS) is 15.8. The molecule has 0 saturated heterocycles. The van der Waals surface area contributed by atoms with Crippen LogP contribution < -0.4 is 0 Å². The first-order valence-corrected chi connectivity index (χ1v) is 3.80. The summed E-state index contributed by atoms with van der Waals surface area (Å²) in [7, 11) is 0. The summed E-state index contributed by atoms with van der Waals surface area (Å²) in [6, 6.07) is 0. The van der Waals surface area contributed by atoms with Gasteiger partial charge in [-0.15, -0.1) is 0 Å². The zero-order chi connectivity index (χ0) is 8.69. The molecule has 11 heavy (non-hydrogen) atoms. The van der Waals surface area contributed by atoms with Gasteiger partial charge in [0.15, 0.2) is 0 Å². The van der Waals surface area contributed by atoms with Crippen molar-refractivity contribution in [3.05, 3.63) is 23.8 Å². The number of hydrogen-bond acceptors (Lipinski definition) is 2. The second-order valence-corrected chi connectivity index (χ2v) is 2.49. The molecule has 2 heteroatoms. The Hall–Kier alpha value is -0.600. The quantitative estimate of drug-likeness (QED) is 0.601. The van der Waals surface area contributed by atoms with E-state index in [0.29, 0.717) is 6.42 Å². The molecule has 2 N–H and O–H groups in total. The van der Waals surface area contributed by atoms with Crippen molar-refractivity contribution in [2.75, 3.05) is 6.61 Å². The fourth-order valence-corrected chi connectivity index (χ4v) is 0.838. The molecule has 0 aromatic carbocycles. The molecule has 0 saturated carbocycles. The van der Waals surface area contributed by atoms with Crippen LogP contribution in [0.3, 0.4) is 0 Å². The molecule has 0 aliphatic carbocycles. The average Bonchev–Trinajstić information content (AvgIpc) is 1.87. The molecule has 0 rings (SSSR count). The highest BCUT2D eigenvalue weighted by molar-refractivity contribution is 5.16. The number of rotatable bonds is 4. The molecular weight excluding hydrogens is 140 g/mol. The minimum Gasteiger partial charge on any atom is -0.396 e. The van der Waals surface area contributed by atoms with Crippen molar-refractivity contribution in [3.8, 4) is 0 Å². The SMILES string of the molecule is CC=CC(C)=CC(O)CCO. The lowest BCUT2D eigenvalue weighted by Gasteiger charge is -2.02. The van der Waals surface area contributed by atoms with Crippen LogP contribution in [0.4, 0.5) is 0 Å². The van der Waals surface area contributed by atoms with E-state index in [2.05, 4.69) is 0 Å². The molecule has 0 heterocycles. The van der Waals surface area contributed by atoms with Gasteiger partial charge in [0.2, 0.25) is 0 Å². The minimum absolute atomic E-state index is 0.0286. The van der Waals surface area contributed by atoms with Gasteiger partial charge in [0, 0.05) is 13.0 Å². The lowest BCUT2D eigenvalue weighted by Crippen LogP contribution is -2.04. The van der Waals surface area contributed by atoms with E-state index in [4.69, 9.17) is 5.11 Å². The van der Waals surface area contributed by atoms with E-state index in [9.17, 15) is 5.11 Å². The Bertz CT molecular complexity index is 148. The highest BCUT2D eigenvalue weighted by Gasteiger charge is 1.96. The van der Waals surface area contributed by atoms with E-state index in [1.54, 1.807) is 6.08 Å². The average molecular weight is 156 g/mol. The van der Waals surface area contributed by atoms with Crippen LogP contribution in [-0.2, 0) is 0 Å². The lowest BCUT2D eigenvalue weighted by atomic mass is 10.1. The van der Waals surface area contributed by atoms with Crippen molar-refractivity contribution in [3.63, 3.8) is 0 Å². The van der Waals surface area contributed by atoms with Gasteiger partial charge >= 0.3 is 0 Å². The standard InChI is InChI=1S/C9H16O2/c1-3-4-8(2)7-9(11)5-6-10/h3-4,7,9-11H,5-6H2,1-2H3. The molecule has 0 aliphatic heterocycles. The summed E-state index contributed by atoms with van der Waals surface area (Å²) >= 11 is 0. The molecule has 0 fully saturated rings. The fraction of sp³-hybridized carbons (Fsp3) is 0.556. The van der Waals surface area contributed by atoms with Gasteiger partial charge in [0.25, 0.3) is 0 Å². The molecule has 2 nitrogen and oxygen atoms in total. The molecule has 1 unspecified atom stereocenters. The van der Waals surface area contributed by atoms with Crippen molar-refractivity contribution in [2.45, 2.75) is 26.4 Å². The van der Waals surface area contributed by atoms with Gasteiger partial charge in [-0.05, 0) is 13.8 Å². The van der Waals surface area contributed by atoms with Crippen LogP contribution in [-0.4, -0.2) is 22.9 Å². The number of hydrogen-bond donors (Lipinski definition) is 2. The highest BCUT2D eigenvalue weighted by atomic mass is 16.3. The second-order valence-electron chi connectivity index (χ2n) is 2.49. The summed E-state index contributed by atoms with van der Waals surface area (Å²) in [6.07, 6.45) is 5.46. The Labute approximate surface area is 67.9 Å². The molecule has 0 aliphatic rings. The minimum atomic E-state index is -0.517. The van der Waals surface area contributed by atoms with Crippen LogP contribution in [0, 0.1) is 0 Å². The zero-order valence-corrected chi connectivity index (χ0v) is 7.12. The summed E-state index contributed by atoms with van der Waals surface area (Å²) in [5.41, 5.74) is 1.02. The van der Waals surface area contributed by atoms with Crippen LogP contribution in [0.15, 0.2) is 23.8 Å². The Kier molecular flexibility index (Phi) is 5.80. The predicted octanol–water partition coefficient (Wildman–Crippen LogP) is 1.25. The molecular formula is C9H16O2. The maximum absolute atomic E-state index is 9.18. The van der Waals surface area contributed by atoms with Gasteiger partial charge in [0.1, 0.15) is 0 Å². The van der Waals surface area contributed by atoms with Crippen LogP contribution in [0.2, 0.25) is 0 Å². The van der Waals surface area contributed by atoms with Crippen molar-refractivity contribution >= 4 is 0 Å². The molecule has 1 atom stereocenters. The van der Waals surface area contributed by atoms with Crippen LogP contribution in [0.5, 0.6) is 0 Å². The summed E-state index contributed by atoms with van der Waals surface area (Å²) in [4.78, 5) is 0. The van der Waals surface area contributed by atoms with Gasteiger partial charge in [-0.2, -0.15) is 0 Å². The Morgan fingerprint density at radius 3 is 2.64 bits per heavy atom. The predicted molar refractivity (Wildman–Crippen MR) is 46.3 cm³/mol. The molecule has 0 spiro atoms. The monoisotopic (exact) mass is 156 g/mol. The van der Waals surface area contributed by atoms with E-state index >= 15 is 0 Å². The topological polar surface area (TPSA) is 40.5 Å². The zero-order valence-electron chi connectivity index (χ0n) is 7.12. The summed E-state index contributed by atoms with van der Waals surface area (Å²) in [5, 5.41) is 17.6. The third-order valence-electron chi connectivity index (χ3n) is 1.31. The molecule has 0 amide bonds. The molecule has 0 bridgehead atoms. The first-order valence-electron chi connectivity index (χ1n) is 3.80. The summed E-state index contributed by atoms with van der Waals surface area (Å²) < 4.78 is 0. The van der Waals surface area contributed by atoms with Crippen molar-refractivity contribution < 1.29 is 10.2 Å². The van der Waals surface area contributed by atoms with Gasteiger partial charge in [-0.3, -0.25) is 0 Å². The smallest absolute Gasteiger partial charge is 0.0748 e. The van der Waals surface area contributed by atoms with Gasteiger partial charge in [0.05, 0.1) is 6.10 Å². The van der Waals surface area contributed by atoms with Crippen LogP contribution >= 0.6 is 0 Å². The fourth-order valence-electron chi connectivity index (χ4n) is 0.838. The number of allylic oxidation sites excluding steroid dienone is 3. The second kappa shape index (κ2) is 6.13. The van der Waals surface area contributed by atoms with Crippen LogP contribution in [0.25, 0.3) is 0 Å². The van der Waals surface area contributed by atoms with Crippen LogP contribution in [0.1, 0.15) is 20.3 Å². The molecule has 0 aromatic heterocycles. The van der Waals surface area contributed by atoms with E-state index < -0.39 is 6.10 Å². The van der Waals surface area contributed by atoms with E-state index in [-0.39, 0.29) is 6.61 Å². The Morgan fingerprint density at radius 2 is 2.18 bits per heavy atom. The van der Waals surface area contributed by atoms with Crippen molar-refractivity contribution in [1.82, 2.24) is 0 Å². The van der Waals surface area contributed by atoms with Gasteiger partial charge in [-0.1, -0.05) is 23.8 Å². The maximum Gasteiger partial charge on any atom is 0.0748 e. The summed E-state index contributed by atoms with van der Waals surface area (Å²) in [5.74, 6) is 0. The van der Waals surface area contributed by atoms with Gasteiger partial charge < -0.3 is 10.2 Å². The highest BCUT2D eigenvalue weighted by Crippen LogP contribution is 2.00. The van der Waals surface area contributed by atoms with Crippen molar-refractivity contribution in [1.29, 1.82) is 0 Å². The van der Waals surface area contributed by atoms with E-state index in [0.717, 1.165) is 5.57 Å². The lowest BCUT2D eigenvalue weighted by molar-refractivity contribution is 0.169. The third-order valence-corrected chi connectivity index (χ3v) is 1.31. The third kappa shape index (κ3) is 5.83. The van der Waals surface area contributed by atoms with Crippen molar-refractivity contribution in [2.24, 2.45) is 0 Å². The Balaban J connectivity index is 3.85. The first-order chi connectivity index (χ1) is 5.20. The Morgan fingerprint density at radius 1 is 1.55 bits per heavy atom. The summed E-state index contributed by atoms with van der Waals surface area (Å²) in [6.45, 7) is 3.87. The molecule has 0 radical (unpaired) electrons. The van der Waals surface area contributed by atoms with E-state index in [1.165, 1.54) is 0 Å². The van der Waals surface area contributed by atoms with E-state index in [1.807, 2.05) is 26.0 Å². The maximum atomic E-state index is 9.18. The largest absolute Gasteiger partial charge is 0.396 e. The van der Waals surface area contributed by atoms with Gasteiger partial charge in [-0.25, -0.2) is 0 Å².